The number of alkyl halides is 3. The molecule has 4 unspecified atom stereocenters. The Hall–Kier alpha value is -3.43. The number of rotatable bonds is 3. The van der Waals surface area contributed by atoms with E-state index in [1.165, 1.54) is 10.9 Å². The zero-order valence-corrected chi connectivity index (χ0v) is 16.1. The minimum Gasteiger partial charge on any atom is -0.342 e. The van der Waals surface area contributed by atoms with Crippen LogP contribution in [0.5, 0.6) is 0 Å². The van der Waals surface area contributed by atoms with Crippen LogP contribution >= 0.6 is 0 Å². The smallest absolute Gasteiger partial charge is 0.342 e. The highest BCUT2D eigenvalue weighted by molar-refractivity contribution is 5.99. The Labute approximate surface area is 175 Å². The van der Waals surface area contributed by atoms with Crippen LogP contribution in [0.1, 0.15) is 28.9 Å². The molecule has 0 radical (unpaired) electrons. The first-order chi connectivity index (χ1) is 14.9. The average Bonchev–Trinajstić information content (AvgIpc) is 3.11. The summed E-state index contributed by atoms with van der Waals surface area (Å²) in [4.78, 5) is 22.6. The Morgan fingerprint density at radius 2 is 1.61 bits per heavy atom. The van der Waals surface area contributed by atoms with Crippen molar-refractivity contribution in [2.45, 2.75) is 43.2 Å². The van der Waals surface area contributed by atoms with Crippen LogP contribution in [0.2, 0.25) is 0 Å². The number of para-hydroxylation sites is 1. The SMILES string of the molecule is O=C(c1ccccc1-n1nccn1)N1C2CCC1C1C2N1c1cccc(C(F)(F)F)n1. The predicted molar refractivity (Wildman–Crippen MR) is 104 cm³/mol. The van der Waals surface area contributed by atoms with E-state index in [4.69, 9.17) is 0 Å². The maximum atomic E-state index is 13.5. The molecule has 158 valence electrons. The quantitative estimate of drug-likeness (QED) is 0.603. The van der Waals surface area contributed by atoms with Gasteiger partial charge in [-0.15, -0.1) is 0 Å². The normalized spacial score (nSPS) is 26.3. The van der Waals surface area contributed by atoms with Gasteiger partial charge >= 0.3 is 6.18 Å². The van der Waals surface area contributed by atoms with E-state index >= 15 is 0 Å². The molecule has 1 amide bonds. The number of pyridine rings is 1. The number of aromatic nitrogens is 4. The molecule has 3 aromatic rings. The Bertz CT molecular complexity index is 1150. The fourth-order valence-corrected chi connectivity index (χ4v) is 5.27. The molecule has 3 fully saturated rings. The van der Waals surface area contributed by atoms with E-state index in [1.54, 1.807) is 36.7 Å². The number of anilines is 1. The van der Waals surface area contributed by atoms with Crippen LogP contribution in [0.15, 0.2) is 54.9 Å². The van der Waals surface area contributed by atoms with Crippen molar-refractivity contribution in [3.8, 4) is 5.69 Å². The van der Waals surface area contributed by atoms with Gasteiger partial charge in [-0.1, -0.05) is 18.2 Å². The largest absolute Gasteiger partial charge is 0.433 e. The Morgan fingerprint density at radius 3 is 2.29 bits per heavy atom. The first-order valence-electron chi connectivity index (χ1n) is 10.1. The molecule has 6 rings (SSSR count). The number of carbonyl (C=O) groups is 1. The van der Waals surface area contributed by atoms with E-state index in [-0.39, 0.29) is 30.1 Å². The van der Waals surface area contributed by atoms with Crippen LogP contribution in [0.3, 0.4) is 0 Å². The van der Waals surface area contributed by atoms with Gasteiger partial charge in [0.1, 0.15) is 11.5 Å². The Balaban J connectivity index is 1.28. The van der Waals surface area contributed by atoms with E-state index in [0.29, 0.717) is 17.1 Å². The number of benzene rings is 1. The summed E-state index contributed by atoms with van der Waals surface area (Å²) in [6.45, 7) is 0. The second-order valence-electron chi connectivity index (χ2n) is 8.03. The van der Waals surface area contributed by atoms with Crippen LogP contribution in [0, 0.1) is 0 Å². The van der Waals surface area contributed by atoms with Crippen LogP contribution < -0.4 is 4.90 Å². The third-order valence-corrected chi connectivity index (χ3v) is 6.46. The number of fused-ring (bicyclic) bond motifs is 5. The van der Waals surface area contributed by atoms with Gasteiger partial charge in [-0.05, 0) is 37.1 Å². The molecule has 10 heteroatoms. The van der Waals surface area contributed by atoms with Gasteiger partial charge in [0.15, 0.2) is 0 Å². The lowest BCUT2D eigenvalue weighted by molar-refractivity contribution is -0.141. The zero-order chi connectivity index (χ0) is 21.3. The molecule has 3 aliphatic rings. The second-order valence-corrected chi connectivity index (χ2v) is 8.03. The molecule has 7 nitrogen and oxygen atoms in total. The van der Waals surface area contributed by atoms with E-state index in [1.807, 2.05) is 15.9 Å². The fraction of sp³-hybridized carbons (Fsp3) is 0.333. The van der Waals surface area contributed by atoms with E-state index in [2.05, 4.69) is 15.2 Å². The van der Waals surface area contributed by atoms with E-state index in [9.17, 15) is 18.0 Å². The van der Waals surface area contributed by atoms with Gasteiger partial charge in [0, 0.05) is 0 Å². The lowest BCUT2D eigenvalue weighted by Gasteiger charge is -2.29. The monoisotopic (exact) mass is 426 g/mol. The summed E-state index contributed by atoms with van der Waals surface area (Å²) in [7, 11) is 0. The molecular weight excluding hydrogens is 409 g/mol. The summed E-state index contributed by atoms with van der Waals surface area (Å²) in [5.41, 5.74) is 0.227. The highest BCUT2D eigenvalue weighted by Crippen LogP contribution is 2.54. The highest BCUT2D eigenvalue weighted by atomic mass is 19.4. The summed E-state index contributed by atoms with van der Waals surface area (Å²) in [6.07, 6.45) is 0.280. The zero-order valence-electron chi connectivity index (χ0n) is 16.1. The number of carbonyl (C=O) groups excluding carboxylic acids is 1. The van der Waals surface area contributed by atoms with Gasteiger partial charge in [0.05, 0.1) is 47.8 Å². The highest BCUT2D eigenvalue weighted by Gasteiger charge is 2.69. The van der Waals surface area contributed by atoms with Gasteiger partial charge in [-0.2, -0.15) is 28.2 Å². The molecule has 0 saturated carbocycles. The topological polar surface area (TPSA) is 66.9 Å². The van der Waals surface area contributed by atoms with Crippen molar-refractivity contribution in [1.82, 2.24) is 24.9 Å². The summed E-state index contributed by atoms with van der Waals surface area (Å²) < 4.78 is 39.2. The molecule has 5 heterocycles. The molecule has 3 saturated heterocycles. The third kappa shape index (κ3) is 2.67. The summed E-state index contributed by atoms with van der Waals surface area (Å²) in [5, 5.41) is 8.28. The van der Waals surface area contributed by atoms with Crippen LogP contribution in [0.4, 0.5) is 19.0 Å². The Morgan fingerprint density at radius 1 is 0.935 bits per heavy atom. The number of piperazine rings is 1. The number of hydrogen-bond donors (Lipinski definition) is 0. The van der Waals surface area contributed by atoms with Crippen molar-refractivity contribution in [2.75, 3.05) is 4.90 Å². The number of halogens is 3. The molecule has 31 heavy (non-hydrogen) atoms. The van der Waals surface area contributed by atoms with Gasteiger partial charge < -0.3 is 9.80 Å². The lowest BCUT2D eigenvalue weighted by atomic mass is 10.0. The van der Waals surface area contributed by atoms with Crippen molar-refractivity contribution < 1.29 is 18.0 Å². The van der Waals surface area contributed by atoms with Crippen molar-refractivity contribution in [3.63, 3.8) is 0 Å². The molecule has 0 aliphatic carbocycles. The van der Waals surface area contributed by atoms with Crippen LogP contribution in [-0.2, 0) is 6.18 Å². The molecule has 4 atom stereocenters. The van der Waals surface area contributed by atoms with Crippen LogP contribution in [-0.4, -0.2) is 55.0 Å². The second kappa shape index (κ2) is 6.29. The van der Waals surface area contributed by atoms with Crippen molar-refractivity contribution in [1.29, 1.82) is 0 Å². The molecule has 3 aliphatic heterocycles. The molecule has 2 bridgehead atoms. The minimum atomic E-state index is -4.48. The molecule has 0 spiro atoms. The molecule has 1 aromatic carbocycles. The molecular formula is C21H17F3N6O. The summed E-state index contributed by atoms with van der Waals surface area (Å²) >= 11 is 0. The van der Waals surface area contributed by atoms with Gasteiger partial charge in [0.25, 0.3) is 5.91 Å². The average molecular weight is 426 g/mol. The summed E-state index contributed by atoms with van der Waals surface area (Å²) in [6, 6.07) is 11.1. The number of hydrogen-bond acceptors (Lipinski definition) is 5. The van der Waals surface area contributed by atoms with Gasteiger partial charge in [-0.3, -0.25) is 4.79 Å². The Kier molecular flexibility index (Phi) is 3.72. The van der Waals surface area contributed by atoms with E-state index < -0.39 is 11.9 Å². The molecule has 2 aromatic heterocycles. The predicted octanol–water partition coefficient (Wildman–Crippen LogP) is 2.93. The lowest BCUT2D eigenvalue weighted by Crippen LogP contribution is -2.43. The first-order valence-corrected chi connectivity index (χ1v) is 10.1. The van der Waals surface area contributed by atoms with Gasteiger partial charge in [-0.25, -0.2) is 4.98 Å². The molecule has 0 N–H and O–H groups in total. The maximum absolute atomic E-state index is 13.5. The fourth-order valence-electron chi connectivity index (χ4n) is 5.27. The standard InChI is InChI=1S/C21H17F3N6O/c22-21(23,24)16-6-3-7-17(27-16)29-18-14-8-9-15(19(18)29)28(14)20(31)12-4-1-2-5-13(12)30-25-10-11-26-30/h1-7,10-11,14-15,18-19H,8-9H2. The maximum Gasteiger partial charge on any atom is 0.433 e. The van der Waals surface area contributed by atoms with Crippen molar-refractivity contribution in [2.24, 2.45) is 0 Å². The van der Waals surface area contributed by atoms with Crippen molar-refractivity contribution >= 4 is 11.7 Å². The first kappa shape index (κ1) is 18.3. The minimum absolute atomic E-state index is 0.00803. The summed E-state index contributed by atoms with van der Waals surface area (Å²) in [5.74, 6) is 0.236. The number of amides is 1. The number of nitrogens with zero attached hydrogens (tertiary/aromatic N) is 6. The van der Waals surface area contributed by atoms with Crippen LogP contribution in [0.25, 0.3) is 5.69 Å². The van der Waals surface area contributed by atoms with Crippen molar-refractivity contribution in [3.05, 3.63) is 66.1 Å². The van der Waals surface area contributed by atoms with Gasteiger partial charge in [0.2, 0.25) is 0 Å². The van der Waals surface area contributed by atoms with E-state index in [0.717, 1.165) is 18.9 Å². The third-order valence-electron chi connectivity index (χ3n) is 6.46.